The standard InChI is InChI=1S/C26H39O8P/c1-5-17-28-22(3)30-19-24(20-31-32-23(4)29-18-6-2)21-35(27,33-25-13-9-7-10-14-25)34-26-15-11-8-12-16-26/h7-16,22-24H,5-6,17-21H2,1-4H3. The Kier molecular flexibility index (Phi) is 14.0. The van der Waals surface area contributed by atoms with Crippen LogP contribution in [0.3, 0.4) is 0 Å². The van der Waals surface area contributed by atoms with Gasteiger partial charge < -0.3 is 23.3 Å². The van der Waals surface area contributed by atoms with Crippen LogP contribution < -0.4 is 9.05 Å². The number of benzene rings is 2. The second-order valence-corrected chi connectivity index (χ2v) is 10.0. The lowest BCUT2D eigenvalue weighted by Gasteiger charge is -2.25. The number of hydrogen-bond acceptors (Lipinski definition) is 8. The number of rotatable bonds is 19. The van der Waals surface area contributed by atoms with E-state index in [1.807, 2.05) is 57.2 Å². The summed E-state index contributed by atoms with van der Waals surface area (Å²) in [5.41, 5.74) is 0. The van der Waals surface area contributed by atoms with Gasteiger partial charge in [-0.05, 0) is 51.0 Å². The van der Waals surface area contributed by atoms with Crippen LogP contribution in [-0.4, -0.2) is 45.2 Å². The summed E-state index contributed by atoms with van der Waals surface area (Å²) in [6.07, 6.45) is 0.835. The molecule has 8 nitrogen and oxygen atoms in total. The Bertz CT molecular complexity index is 790. The highest BCUT2D eigenvalue weighted by Crippen LogP contribution is 2.50. The lowest BCUT2D eigenvalue weighted by atomic mass is 10.2. The quantitative estimate of drug-likeness (QED) is 0.0921. The molecule has 0 radical (unpaired) electrons. The Hall–Kier alpha value is -1.93. The van der Waals surface area contributed by atoms with Crippen molar-refractivity contribution < 1.29 is 37.6 Å². The number of hydrogen-bond donors (Lipinski definition) is 0. The first-order valence-corrected chi connectivity index (χ1v) is 13.9. The molecule has 2 rings (SSSR count). The normalized spacial score (nSPS) is 14.3. The minimum atomic E-state index is -3.67. The molecular weight excluding hydrogens is 471 g/mol. The van der Waals surface area contributed by atoms with E-state index in [4.69, 9.17) is 33.0 Å². The largest absolute Gasteiger partial charge is 0.431 e. The molecule has 0 aromatic heterocycles. The molecule has 0 fully saturated rings. The van der Waals surface area contributed by atoms with Crippen molar-refractivity contribution in [2.45, 2.75) is 53.1 Å². The van der Waals surface area contributed by atoms with Crippen LogP contribution >= 0.6 is 7.60 Å². The third kappa shape index (κ3) is 12.5. The van der Waals surface area contributed by atoms with Crippen molar-refractivity contribution in [1.29, 1.82) is 0 Å². The highest BCUT2D eigenvalue weighted by molar-refractivity contribution is 7.54. The minimum absolute atomic E-state index is 0.0326. The zero-order valence-electron chi connectivity index (χ0n) is 21.2. The van der Waals surface area contributed by atoms with Gasteiger partial charge in [0.25, 0.3) is 0 Å². The van der Waals surface area contributed by atoms with E-state index in [2.05, 4.69) is 0 Å². The molecule has 2 aromatic rings. The average Bonchev–Trinajstić information content (AvgIpc) is 2.85. The van der Waals surface area contributed by atoms with Crippen molar-refractivity contribution in [1.82, 2.24) is 0 Å². The summed E-state index contributed by atoms with van der Waals surface area (Å²) >= 11 is 0. The van der Waals surface area contributed by atoms with Gasteiger partial charge in [-0.2, -0.15) is 0 Å². The second kappa shape index (κ2) is 16.7. The summed E-state index contributed by atoms with van der Waals surface area (Å²) in [7, 11) is -3.67. The summed E-state index contributed by atoms with van der Waals surface area (Å²) in [6, 6.07) is 17.9. The summed E-state index contributed by atoms with van der Waals surface area (Å²) < 4.78 is 42.7. The average molecular weight is 511 g/mol. The van der Waals surface area contributed by atoms with E-state index in [0.29, 0.717) is 24.7 Å². The Morgan fingerprint density at radius 3 is 1.74 bits per heavy atom. The highest BCUT2D eigenvalue weighted by atomic mass is 31.2. The van der Waals surface area contributed by atoms with Crippen LogP contribution in [0.15, 0.2) is 60.7 Å². The van der Waals surface area contributed by atoms with Crippen LogP contribution in [0.2, 0.25) is 0 Å². The van der Waals surface area contributed by atoms with Gasteiger partial charge in [-0.15, -0.1) is 0 Å². The van der Waals surface area contributed by atoms with Crippen molar-refractivity contribution in [2.24, 2.45) is 5.92 Å². The fraction of sp³-hybridized carbons (Fsp3) is 0.538. The van der Waals surface area contributed by atoms with Crippen molar-refractivity contribution in [3.63, 3.8) is 0 Å². The Morgan fingerprint density at radius 2 is 1.23 bits per heavy atom. The predicted molar refractivity (Wildman–Crippen MR) is 135 cm³/mol. The lowest BCUT2D eigenvalue weighted by Crippen LogP contribution is -2.27. The van der Waals surface area contributed by atoms with E-state index >= 15 is 0 Å². The molecule has 3 unspecified atom stereocenters. The first-order valence-electron chi connectivity index (χ1n) is 12.2. The number of para-hydroxylation sites is 2. The van der Waals surface area contributed by atoms with Gasteiger partial charge >= 0.3 is 7.60 Å². The molecule has 0 heterocycles. The first-order chi connectivity index (χ1) is 16.9. The van der Waals surface area contributed by atoms with Gasteiger partial charge in [0.1, 0.15) is 11.5 Å². The molecule has 0 saturated carbocycles. The molecule has 0 saturated heterocycles. The molecule has 0 amide bonds. The van der Waals surface area contributed by atoms with Crippen LogP contribution in [0, 0.1) is 5.92 Å². The van der Waals surface area contributed by atoms with E-state index in [1.165, 1.54) is 0 Å². The summed E-state index contributed by atoms with van der Waals surface area (Å²) in [5.74, 6) is 0.522. The molecule has 0 aliphatic rings. The van der Waals surface area contributed by atoms with Crippen molar-refractivity contribution in [2.75, 3.05) is 32.6 Å². The smallest absolute Gasteiger partial charge is 0.416 e. The molecule has 196 valence electrons. The molecule has 0 aliphatic carbocycles. The Morgan fingerprint density at radius 1 is 0.714 bits per heavy atom. The van der Waals surface area contributed by atoms with Crippen LogP contribution in [0.1, 0.15) is 40.5 Å². The predicted octanol–water partition coefficient (Wildman–Crippen LogP) is 6.46. The van der Waals surface area contributed by atoms with Crippen LogP contribution in [-0.2, 0) is 28.6 Å². The highest BCUT2D eigenvalue weighted by Gasteiger charge is 2.33. The maximum atomic E-state index is 14.0. The van der Waals surface area contributed by atoms with Crippen LogP contribution in [0.5, 0.6) is 11.5 Å². The fourth-order valence-electron chi connectivity index (χ4n) is 2.99. The molecule has 0 bridgehead atoms. The van der Waals surface area contributed by atoms with Crippen molar-refractivity contribution in [3.8, 4) is 11.5 Å². The molecule has 0 spiro atoms. The van der Waals surface area contributed by atoms with Gasteiger partial charge in [0, 0.05) is 19.1 Å². The zero-order chi connectivity index (χ0) is 25.4. The Labute approximate surface area is 209 Å². The van der Waals surface area contributed by atoms with Crippen molar-refractivity contribution in [3.05, 3.63) is 60.7 Å². The van der Waals surface area contributed by atoms with Gasteiger partial charge in [0.2, 0.25) is 0 Å². The number of ether oxygens (including phenoxy) is 3. The Balaban J connectivity index is 2.12. The lowest BCUT2D eigenvalue weighted by molar-refractivity contribution is -0.378. The monoisotopic (exact) mass is 510 g/mol. The van der Waals surface area contributed by atoms with E-state index in [-0.39, 0.29) is 25.3 Å². The van der Waals surface area contributed by atoms with Crippen molar-refractivity contribution >= 4 is 7.60 Å². The van der Waals surface area contributed by atoms with E-state index < -0.39 is 20.2 Å². The first kappa shape index (κ1) is 29.3. The zero-order valence-corrected chi connectivity index (χ0v) is 22.1. The van der Waals surface area contributed by atoms with Gasteiger partial charge in [-0.1, -0.05) is 50.2 Å². The van der Waals surface area contributed by atoms with Gasteiger partial charge in [-0.3, -0.25) is 0 Å². The third-order valence-corrected chi connectivity index (χ3v) is 6.59. The molecular formula is C26H39O8P. The summed E-state index contributed by atoms with van der Waals surface area (Å²) in [4.78, 5) is 10.8. The van der Waals surface area contributed by atoms with E-state index in [1.54, 1.807) is 31.2 Å². The maximum absolute atomic E-state index is 14.0. The second-order valence-electron chi connectivity index (χ2n) is 8.06. The van der Waals surface area contributed by atoms with Gasteiger partial charge in [0.05, 0.1) is 19.4 Å². The van der Waals surface area contributed by atoms with Crippen LogP contribution in [0.25, 0.3) is 0 Å². The molecule has 3 atom stereocenters. The van der Waals surface area contributed by atoms with E-state index in [9.17, 15) is 4.57 Å². The van der Waals surface area contributed by atoms with Crippen LogP contribution in [0.4, 0.5) is 0 Å². The molecule has 35 heavy (non-hydrogen) atoms. The fourth-order valence-corrected chi connectivity index (χ4v) is 4.91. The third-order valence-electron chi connectivity index (χ3n) is 4.64. The van der Waals surface area contributed by atoms with Gasteiger partial charge in [0.15, 0.2) is 12.6 Å². The minimum Gasteiger partial charge on any atom is -0.416 e. The maximum Gasteiger partial charge on any atom is 0.431 e. The summed E-state index contributed by atoms with van der Waals surface area (Å²) in [5, 5.41) is 0. The van der Waals surface area contributed by atoms with E-state index in [0.717, 1.165) is 12.8 Å². The molecule has 0 aliphatic heterocycles. The molecule has 2 aromatic carbocycles. The SMILES string of the molecule is CCCOC(C)OCC(COOC(C)OCCC)CP(=O)(Oc1ccccc1)Oc1ccccc1. The molecule has 0 N–H and O–H groups in total. The summed E-state index contributed by atoms with van der Waals surface area (Å²) in [6.45, 7) is 9.08. The van der Waals surface area contributed by atoms with Gasteiger partial charge in [-0.25, -0.2) is 14.3 Å². The molecule has 9 heteroatoms. The topological polar surface area (TPSA) is 81.7 Å².